The number of rotatable bonds is 3. The van der Waals surface area contributed by atoms with Gasteiger partial charge in [-0.1, -0.05) is 0 Å². The number of aromatic hydroxyl groups is 1. The van der Waals surface area contributed by atoms with E-state index in [2.05, 4.69) is 5.32 Å². The summed E-state index contributed by atoms with van der Waals surface area (Å²) in [5.41, 5.74) is 0.263. The van der Waals surface area contributed by atoms with Crippen LogP contribution < -0.4 is 10.1 Å². The third kappa shape index (κ3) is 3.09. The van der Waals surface area contributed by atoms with Gasteiger partial charge in [0.1, 0.15) is 5.82 Å². The first-order chi connectivity index (χ1) is 10.0. The van der Waals surface area contributed by atoms with Crippen LogP contribution in [0, 0.1) is 17.1 Å². The normalized spacial score (nSPS) is 9.76. The van der Waals surface area contributed by atoms with Gasteiger partial charge < -0.3 is 15.2 Å². The first-order valence-corrected chi connectivity index (χ1v) is 5.93. The lowest BCUT2D eigenvalue weighted by molar-refractivity contribution is 0.102. The molecule has 0 bridgehead atoms. The maximum atomic E-state index is 13.7. The molecule has 106 valence electrons. The van der Waals surface area contributed by atoms with Gasteiger partial charge in [-0.25, -0.2) is 4.39 Å². The molecule has 2 aromatic carbocycles. The van der Waals surface area contributed by atoms with Crippen LogP contribution in [0.4, 0.5) is 10.1 Å². The van der Waals surface area contributed by atoms with E-state index in [1.165, 1.54) is 37.4 Å². The van der Waals surface area contributed by atoms with Crippen molar-refractivity contribution >= 4 is 11.6 Å². The number of benzene rings is 2. The fourth-order valence-corrected chi connectivity index (χ4v) is 1.71. The Morgan fingerprint density at radius 1 is 1.33 bits per heavy atom. The Morgan fingerprint density at radius 2 is 2.10 bits per heavy atom. The van der Waals surface area contributed by atoms with Crippen molar-refractivity contribution in [1.29, 1.82) is 5.26 Å². The summed E-state index contributed by atoms with van der Waals surface area (Å²) in [6.07, 6.45) is 0. The fourth-order valence-electron chi connectivity index (χ4n) is 1.71. The number of carbonyl (C=O) groups is 1. The number of nitriles is 1. The van der Waals surface area contributed by atoms with Crippen molar-refractivity contribution in [3.63, 3.8) is 0 Å². The van der Waals surface area contributed by atoms with Gasteiger partial charge in [-0.3, -0.25) is 4.79 Å². The molecule has 2 aromatic rings. The highest BCUT2D eigenvalue weighted by atomic mass is 19.1. The third-order valence-electron chi connectivity index (χ3n) is 2.79. The standard InChI is InChI=1S/C15H11FN2O3/c1-21-14-5-3-10(7-13(14)19)15(20)18-12-4-2-9(8-17)6-11(12)16/h2-7,19H,1H3,(H,18,20). The molecule has 0 saturated heterocycles. The summed E-state index contributed by atoms with van der Waals surface area (Å²) in [4.78, 5) is 12.0. The maximum Gasteiger partial charge on any atom is 0.255 e. The zero-order chi connectivity index (χ0) is 15.4. The monoisotopic (exact) mass is 286 g/mol. The molecule has 2 rings (SSSR count). The Morgan fingerprint density at radius 3 is 2.67 bits per heavy atom. The minimum atomic E-state index is -0.708. The summed E-state index contributed by atoms with van der Waals surface area (Å²) >= 11 is 0. The zero-order valence-electron chi connectivity index (χ0n) is 11.1. The molecule has 6 heteroatoms. The quantitative estimate of drug-likeness (QED) is 0.908. The van der Waals surface area contributed by atoms with Gasteiger partial charge in [0.05, 0.1) is 24.4 Å². The molecule has 0 fully saturated rings. The van der Waals surface area contributed by atoms with E-state index in [-0.39, 0.29) is 28.3 Å². The first-order valence-electron chi connectivity index (χ1n) is 5.93. The van der Waals surface area contributed by atoms with Gasteiger partial charge in [0.25, 0.3) is 5.91 Å². The number of anilines is 1. The number of nitrogens with one attached hydrogen (secondary N) is 1. The highest BCUT2D eigenvalue weighted by Crippen LogP contribution is 2.26. The van der Waals surface area contributed by atoms with Crippen molar-refractivity contribution in [3.8, 4) is 17.6 Å². The van der Waals surface area contributed by atoms with Crippen molar-refractivity contribution in [2.45, 2.75) is 0 Å². The van der Waals surface area contributed by atoms with Crippen molar-refractivity contribution in [3.05, 3.63) is 53.3 Å². The van der Waals surface area contributed by atoms with E-state index in [9.17, 15) is 14.3 Å². The number of methoxy groups -OCH3 is 1. The molecule has 0 spiro atoms. The molecular weight excluding hydrogens is 275 g/mol. The van der Waals surface area contributed by atoms with Crippen molar-refractivity contribution in [2.75, 3.05) is 12.4 Å². The third-order valence-corrected chi connectivity index (χ3v) is 2.79. The van der Waals surface area contributed by atoms with E-state index in [0.29, 0.717) is 0 Å². The molecule has 2 N–H and O–H groups in total. The number of carbonyl (C=O) groups excluding carboxylic acids is 1. The van der Waals surface area contributed by atoms with Crippen molar-refractivity contribution in [2.24, 2.45) is 0 Å². The molecule has 0 aliphatic carbocycles. The van der Waals surface area contributed by atoms with Gasteiger partial charge in [-0.2, -0.15) is 5.26 Å². The van der Waals surface area contributed by atoms with Crippen LogP contribution in [-0.2, 0) is 0 Å². The van der Waals surface area contributed by atoms with Gasteiger partial charge >= 0.3 is 0 Å². The lowest BCUT2D eigenvalue weighted by atomic mass is 10.1. The van der Waals surface area contributed by atoms with Crippen LogP contribution in [0.2, 0.25) is 0 Å². The molecule has 0 aliphatic rings. The average Bonchev–Trinajstić information content (AvgIpc) is 2.49. The van der Waals surface area contributed by atoms with E-state index in [0.717, 1.165) is 6.07 Å². The number of hydrogen-bond donors (Lipinski definition) is 2. The Balaban J connectivity index is 2.22. The second kappa shape index (κ2) is 5.92. The second-order valence-corrected chi connectivity index (χ2v) is 4.15. The predicted molar refractivity (Wildman–Crippen MR) is 73.7 cm³/mol. The summed E-state index contributed by atoms with van der Waals surface area (Å²) in [7, 11) is 1.39. The topological polar surface area (TPSA) is 82.3 Å². The van der Waals surface area contributed by atoms with E-state index in [1.807, 2.05) is 0 Å². The molecule has 0 radical (unpaired) electrons. The smallest absolute Gasteiger partial charge is 0.255 e. The van der Waals surface area contributed by atoms with Crippen molar-refractivity contribution < 1.29 is 19.0 Å². The van der Waals surface area contributed by atoms with Gasteiger partial charge in [0, 0.05) is 5.56 Å². The second-order valence-electron chi connectivity index (χ2n) is 4.15. The number of amides is 1. The maximum absolute atomic E-state index is 13.7. The lowest BCUT2D eigenvalue weighted by Crippen LogP contribution is -2.13. The number of nitrogens with zero attached hydrogens (tertiary/aromatic N) is 1. The summed E-state index contributed by atoms with van der Waals surface area (Å²) in [5, 5.41) is 20.6. The minimum absolute atomic E-state index is 0.0469. The zero-order valence-corrected chi connectivity index (χ0v) is 11.1. The fraction of sp³-hybridized carbons (Fsp3) is 0.0667. The van der Waals surface area contributed by atoms with Crippen LogP contribution >= 0.6 is 0 Å². The lowest BCUT2D eigenvalue weighted by Gasteiger charge is -2.08. The van der Waals surface area contributed by atoms with Gasteiger partial charge in [-0.15, -0.1) is 0 Å². The Kier molecular flexibility index (Phi) is 4.05. The molecule has 0 heterocycles. The van der Waals surface area contributed by atoms with Crippen LogP contribution in [0.25, 0.3) is 0 Å². The number of halogens is 1. The first kappa shape index (κ1) is 14.3. The van der Waals surface area contributed by atoms with Gasteiger partial charge in [0.2, 0.25) is 0 Å². The number of hydrogen-bond acceptors (Lipinski definition) is 4. The summed E-state index contributed by atoms with van der Waals surface area (Å²) in [6, 6.07) is 9.61. The summed E-state index contributed by atoms with van der Waals surface area (Å²) in [5.74, 6) is -1.25. The molecule has 0 atom stereocenters. The summed E-state index contributed by atoms with van der Waals surface area (Å²) < 4.78 is 18.5. The Hall–Kier alpha value is -3.07. The molecule has 5 nitrogen and oxygen atoms in total. The largest absolute Gasteiger partial charge is 0.504 e. The van der Waals surface area contributed by atoms with E-state index >= 15 is 0 Å². The average molecular weight is 286 g/mol. The number of ether oxygens (including phenoxy) is 1. The van der Waals surface area contributed by atoms with Crippen LogP contribution in [-0.4, -0.2) is 18.1 Å². The van der Waals surface area contributed by atoms with E-state index in [1.54, 1.807) is 6.07 Å². The predicted octanol–water partition coefficient (Wildman–Crippen LogP) is 2.66. The molecule has 0 aliphatic heterocycles. The van der Waals surface area contributed by atoms with Crippen LogP contribution in [0.5, 0.6) is 11.5 Å². The van der Waals surface area contributed by atoms with Crippen molar-refractivity contribution in [1.82, 2.24) is 0 Å². The molecule has 0 unspecified atom stereocenters. The van der Waals surface area contributed by atoms with Crippen LogP contribution in [0.3, 0.4) is 0 Å². The highest BCUT2D eigenvalue weighted by Gasteiger charge is 2.12. The Labute approximate surface area is 120 Å². The highest BCUT2D eigenvalue weighted by molar-refractivity contribution is 6.04. The number of phenols is 1. The van der Waals surface area contributed by atoms with Gasteiger partial charge in [0.15, 0.2) is 11.5 Å². The molecular formula is C15H11FN2O3. The van der Waals surface area contributed by atoms with Gasteiger partial charge in [-0.05, 0) is 36.4 Å². The number of phenolic OH excluding ortho intramolecular Hbond substituents is 1. The minimum Gasteiger partial charge on any atom is -0.504 e. The summed E-state index contributed by atoms with van der Waals surface area (Å²) in [6.45, 7) is 0. The van der Waals surface area contributed by atoms with E-state index in [4.69, 9.17) is 10.00 Å². The van der Waals surface area contributed by atoms with E-state index < -0.39 is 11.7 Å². The SMILES string of the molecule is COc1ccc(C(=O)Nc2ccc(C#N)cc2F)cc1O. The Bertz CT molecular complexity index is 738. The van der Waals surface area contributed by atoms with Crippen LogP contribution in [0.1, 0.15) is 15.9 Å². The molecule has 1 amide bonds. The molecule has 0 saturated carbocycles. The van der Waals surface area contributed by atoms with Crippen LogP contribution in [0.15, 0.2) is 36.4 Å². The molecule has 21 heavy (non-hydrogen) atoms. The molecule has 0 aromatic heterocycles.